The SMILES string of the molecule is O=C(Cn1ccccc1=O)N1CCN(Cc2nc3ccccc3s2)CC1. The number of hydrogen-bond acceptors (Lipinski definition) is 5. The van der Waals surface area contributed by atoms with E-state index in [1.807, 2.05) is 23.1 Å². The first-order valence-corrected chi connectivity index (χ1v) is 9.51. The fourth-order valence-electron chi connectivity index (χ4n) is 3.17. The fraction of sp³-hybridized carbons (Fsp3) is 0.316. The van der Waals surface area contributed by atoms with Crippen molar-refractivity contribution in [1.29, 1.82) is 0 Å². The molecule has 4 rings (SSSR count). The van der Waals surface area contributed by atoms with E-state index in [9.17, 15) is 9.59 Å². The van der Waals surface area contributed by atoms with Gasteiger partial charge < -0.3 is 9.47 Å². The van der Waals surface area contributed by atoms with Gasteiger partial charge in [0.15, 0.2) is 0 Å². The summed E-state index contributed by atoms with van der Waals surface area (Å²) in [5.41, 5.74) is 0.907. The number of nitrogens with zero attached hydrogens (tertiary/aromatic N) is 4. The summed E-state index contributed by atoms with van der Waals surface area (Å²) in [6, 6.07) is 13.1. The van der Waals surface area contributed by atoms with Crippen molar-refractivity contribution < 1.29 is 4.79 Å². The lowest BCUT2D eigenvalue weighted by Crippen LogP contribution is -2.49. The van der Waals surface area contributed by atoms with Crippen LogP contribution < -0.4 is 5.56 Å². The standard InChI is InChI=1S/C19H20N4O2S/c24-18-7-3-4-8-23(18)14-19(25)22-11-9-21(10-12-22)13-17-20-15-5-1-2-6-16(15)26-17/h1-8H,9-14H2. The maximum atomic E-state index is 12.4. The molecule has 3 heterocycles. The molecule has 134 valence electrons. The predicted molar refractivity (Wildman–Crippen MR) is 102 cm³/mol. The number of thiazole rings is 1. The van der Waals surface area contributed by atoms with Gasteiger partial charge in [-0.3, -0.25) is 14.5 Å². The first kappa shape index (κ1) is 16.9. The molecule has 0 atom stereocenters. The van der Waals surface area contributed by atoms with Crippen molar-refractivity contribution in [2.75, 3.05) is 26.2 Å². The Morgan fingerprint density at radius 2 is 1.81 bits per heavy atom. The second-order valence-corrected chi connectivity index (χ2v) is 7.51. The summed E-state index contributed by atoms with van der Waals surface area (Å²) in [4.78, 5) is 33.0. The number of pyridine rings is 1. The average molecular weight is 368 g/mol. The molecular formula is C19H20N4O2S. The molecule has 1 saturated heterocycles. The third kappa shape index (κ3) is 3.68. The average Bonchev–Trinajstić information content (AvgIpc) is 3.06. The Kier molecular flexibility index (Phi) is 4.81. The molecule has 0 aliphatic carbocycles. The van der Waals surface area contributed by atoms with Gasteiger partial charge in [0, 0.05) is 38.4 Å². The minimum absolute atomic E-state index is 0.00191. The van der Waals surface area contributed by atoms with Crippen molar-refractivity contribution in [3.8, 4) is 0 Å². The maximum Gasteiger partial charge on any atom is 0.250 e. The molecule has 1 aromatic carbocycles. The Balaban J connectivity index is 1.33. The van der Waals surface area contributed by atoms with Crippen LogP contribution in [-0.4, -0.2) is 51.4 Å². The van der Waals surface area contributed by atoms with Gasteiger partial charge in [-0.05, 0) is 18.2 Å². The van der Waals surface area contributed by atoms with Gasteiger partial charge in [0.25, 0.3) is 5.56 Å². The number of benzene rings is 1. The molecule has 0 spiro atoms. The van der Waals surface area contributed by atoms with Crippen molar-refractivity contribution in [2.45, 2.75) is 13.1 Å². The number of para-hydroxylation sites is 1. The number of carbonyl (C=O) groups excluding carboxylic acids is 1. The molecule has 3 aromatic rings. The van der Waals surface area contributed by atoms with E-state index in [1.54, 1.807) is 29.7 Å². The number of amides is 1. The Hall–Kier alpha value is -2.51. The molecule has 1 aliphatic rings. The van der Waals surface area contributed by atoms with Gasteiger partial charge in [-0.1, -0.05) is 18.2 Å². The van der Waals surface area contributed by atoms with E-state index in [1.165, 1.54) is 15.3 Å². The van der Waals surface area contributed by atoms with Crippen LogP contribution in [0.2, 0.25) is 0 Å². The van der Waals surface area contributed by atoms with Crippen LogP contribution in [0.25, 0.3) is 10.2 Å². The van der Waals surface area contributed by atoms with Gasteiger partial charge in [-0.2, -0.15) is 0 Å². The molecule has 0 saturated carbocycles. The summed E-state index contributed by atoms with van der Waals surface area (Å²) in [5, 5.41) is 1.11. The largest absolute Gasteiger partial charge is 0.339 e. The van der Waals surface area contributed by atoms with Gasteiger partial charge in [-0.25, -0.2) is 4.98 Å². The lowest BCUT2D eigenvalue weighted by atomic mass is 10.3. The summed E-state index contributed by atoms with van der Waals surface area (Å²) in [6.45, 7) is 3.95. The van der Waals surface area contributed by atoms with Crippen LogP contribution in [0, 0.1) is 0 Å². The van der Waals surface area contributed by atoms with Crippen molar-refractivity contribution in [1.82, 2.24) is 19.4 Å². The number of fused-ring (bicyclic) bond motifs is 1. The third-order valence-corrected chi connectivity index (χ3v) is 5.65. The lowest BCUT2D eigenvalue weighted by Gasteiger charge is -2.34. The van der Waals surface area contributed by atoms with Crippen molar-refractivity contribution in [3.05, 3.63) is 64.0 Å². The van der Waals surface area contributed by atoms with Crippen LogP contribution in [0.5, 0.6) is 0 Å². The Labute approximate surface area is 155 Å². The normalized spacial score (nSPS) is 15.5. The van der Waals surface area contributed by atoms with E-state index in [0.29, 0.717) is 13.1 Å². The highest BCUT2D eigenvalue weighted by Crippen LogP contribution is 2.23. The number of aromatic nitrogens is 2. The molecule has 1 amide bonds. The van der Waals surface area contributed by atoms with Crippen LogP contribution in [0.3, 0.4) is 0 Å². The van der Waals surface area contributed by atoms with Crippen LogP contribution in [0.4, 0.5) is 0 Å². The Morgan fingerprint density at radius 1 is 1.04 bits per heavy atom. The second-order valence-electron chi connectivity index (χ2n) is 6.40. The predicted octanol–water partition coefficient (Wildman–Crippen LogP) is 1.80. The summed E-state index contributed by atoms with van der Waals surface area (Å²) in [5.74, 6) is -0.00191. The van der Waals surface area contributed by atoms with Gasteiger partial charge in [0.05, 0.1) is 16.8 Å². The second kappa shape index (κ2) is 7.39. The first-order valence-electron chi connectivity index (χ1n) is 8.69. The highest BCUT2D eigenvalue weighted by molar-refractivity contribution is 7.18. The molecule has 1 aliphatic heterocycles. The zero-order valence-corrected chi connectivity index (χ0v) is 15.2. The van der Waals surface area contributed by atoms with Gasteiger partial charge >= 0.3 is 0 Å². The summed E-state index contributed by atoms with van der Waals surface area (Å²) in [6.07, 6.45) is 1.66. The topological polar surface area (TPSA) is 58.4 Å². The van der Waals surface area contributed by atoms with Crippen molar-refractivity contribution in [2.24, 2.45) is 0 Å². The molecule has 0 radical (unpaired) electrons. The van der Waals surface area contributed by atoms with Crippen LogP contribution in [-0.2, 0) is 17.9 Å². The van der Waals surface area contributed by atoms with Crippen molar-refractivity contribution >= 4 is 27.5 Å². The molecule has 2 aromatic heterocycles. The number of rotatable bonds is 4. The molecule has 1 fully saturated rings. The van der Waals surface area contributed by atoms with Gasteiger partial charge in [0.2, 0.25) is 5.91 Å². The zero-order valence-electron chi connectivity index (χ0n) is 14.4. The monoisotopic (exact) mass is 368 g/mol. The molecule has 0 unspecified atom stereocenters. The fourth-order valence-corrected chi connectivity index (χ4v) is 4.18. The number of piperazine rings is 1. The summed E-state index contributed by atoms with van der Waals surface area (Å²) < 4.78 is 2.67. The smallest absolute Gasteiger partial charge is 0.250 e. The van der Waals surface area contributed by atoms with Gasteiger partial charge in [0.1, 0.15) is 11.6 Å². The number of hydrogen-bond donors (Lipinski definition) is 0. The van der Waals surface area contributed by atoms with E-state index in [2.05, 4.69) is 16.0 Å². The molecule has 0 N–H and O–H groups in total. The number of carbonyl (C=O) groups is 1. The van der Waals surface area contributed by atoms with E-state index in [0.717, 1.165) is 30.2 Å². The highest BCUT2D eigenvalue weighted by Gasteiger charge is 2.22. The van der Waals surface area contributed by atoms with Crippen LogP contribution in [0.1, 0.15) is 5.01 Å². The molecule has 0 bridgehead atoms. The lowest BCUT2D eigenvalue weighted by molar-refractivity contribution is -0.133. The van der Waals surface area contributed by atoms with E-state index >= 15 is 0 Å². The van der Waals surface area contributed by atoms with Gasteiger partial charge in [-0.15, -0.1) is 11.3 Å². The van der Waals surface area contributed by atoms with E-state index in [4.69, 9.17) is 0 Å². The highest BCUT2D eigenvalue weighted by atomic mass is 32.1. The van der Waals surface area contributed by atoms with E-state index < -0.39 is 0 Å². The van der Waals surface area contributed by atoms with Crippen molar-refractivity contribution in [3.63, 3.8) is 0 Å². The Bertz CT molecular complexity index is 940. The quantitative estimate of drug-likeness (QED) is 0.705. The van der Waals surface area contributed by atoms with Crippen LogP contribution in [0.15, 0.2) is 53.5 Å². The molecular weight excluding hydrogens is 348 g/mol. The minimum atomic E-state index is -0.143. The van der Waals surface area contributed by atoms with E-state index in [-0.39, 0.29) is 18.0 Å². The third-order valence-electron chi connectivity index (χ3n) is 4.63. The minimum Gasteiger partial charge on any atom is -0.339 e. The molecule has 26 heavy (non-hydrogen) atoms. The Morgan fingerprint density at radius 3 is 2.58 bits per heavy atom. The van der Waals surface area contributed by atoms with Crippen LogP contribution >= 0.6 is 11.3 Å². The first-order chi connectivity index (χ1) is 12.7. The molecule has 7 heteroatoms. The zero-order chi connectivity index (χ0) is 17.9. The summed E-state index contributed by atoms with van der Waals surface area (Å²) >= 11 is 1.73. The summed E-state index contributed by atoms with van der Waals surface area (Å²) in [7, 11) is 0. The maximum absolute atomic E-state index is 12.4. The molecule has 6 nitrogen and oxygen atoms in total.